The summed E-state index contributed by atoms with van der Waals surface area (Å²) in [4.78, 5) is 47.4. The standard InChI is InChI=1S/C26H36N4O5/c1-24(2,3)35-23(33)27-22-28-26(21(32)30(22)6)19-14-16(20(31)29(4)5)8-9-17(19)15-25(26)12-10-18(34-7)11-13-25/h8-9,14,18H,10-13,15H2,1-7H3,(H,27,28,33). The maximum atomic E-state index is 14.1. The molecule has 1 heterocycles. The van der Waals surface area contributed by atoms with Gasteiger partial charge in [-0.05, 0) is 76.1 Å². The van der Waals surface area contributed by atoms with Crippen LogP contribution in [0.3, 0.4) is 0 Å². The zero-order valence-corrected chi connectivity index (χ0v) is 21.7. The van der Waals surface area contributed by atoms with Gasteiger partial charge in [-0.2, -0.15) is 0 Å². The third-order valence-electron chi connectivity index (χ3n) is 7.49. The van der Waals surface area contributed by atoms with Crippen LogP contribution in [0.5, 0.6) is 0 Å². The quantitative estimate of drug-likeness (QED) is 0.695. The SMILES string of the molecule is COC1CCC2(CC1)Cc1ccc(C(=O)N(C)C)cc1C21N=C(NC(=O)OC(C)(C)C)N(C)C1=O. The van der Waals surface area contributed by atoms with Crippen molar-refractivity contribution in [2.75, 3.05) is 28.3 Å². The molecule has 1 atom stereocenters. The number of methoxy groups -OCH3 is 1. The summed E-state index contributed by atoms with van der Waals surface area (Å²) in [5, 5.41) is 2.69. The molecular formula is C26H36N4O5. The summed E-state index contributed by atoms with van der Waals surface area (Å²) in [7, 11) is 6.74. The number of alkyl carbamates (subject to hydrolysis) is 1. The summed E-state index contributed by atoms with van der Waals surface area (Å²) in [6.07, 6.45) is 3.29. The van der Waals surface area contributed by atoms with E-state index in [4.69, 9.17) is 14.5 Å². The fourth-order valence-electron chi connectivity index (χ4n) is 5.80. The Hall–Kier alpha value is -2.94. The minimum atomic E-state index is -1.22. The topological polar surface area (TPSA) is 101 Å². The van der Waals surface area contributed by atoms with Crippen molar-refractivity contribution in [2.45, 2.75) is 70.1 Å². The second-order valence-electron chi connectivity index (χ2n) is 11.1. The molecular weight excluding hydrogens is 448 g/mol. The lowest BCUT2D eigenvalue weighted by molar-refractivity contribution is -0.137. The highest BCUT2D eigenvalue weighted by Gasteiger charge is 2.66. The van der Waals surface area contributed by atoms with Crippen molar-refractivity contribution in [1.82, 2.24) is 15.1 Å². The number of benzene rings is 1. The highest BCUT2D eigenvalue weighted by Crippen LogP contribution is 2.62. The molecule has 2 spiro atoms. The predicted octanol–water partition coefficient (Wildman–Crippen LogP) is 3.07. The molecule has 190 valence electrons. The summed E-state index contributed by atoms with van der Waals surface area (Å²) in [6, 6.07) is 5.59. The monoisotopic (exact) mass is 484 g/mol. The van der Waals surface area contributed by atoms with Gasteiger partial charge in [-0.25, -0.2) is 9.79 Å². The van der Waals surface area contributed by atoms with E-state index in [1.165, 1.54) is 9.80 Å². The number of fused-ring (bicyclic) bond motifs is 3. The van der Waals surface area contributed by atoms with Crippen molar-refractivity contribution in [2.24, 2.45) is 10.4 Å². The molecule has 0 radical (unpaired) electrons. The average Bonchev–Trinajstić information content (AvgIpc) is 3.19. The maximum absolute atomic E-state index is 14.1. The van der Waals surface area contributed by atoms with Crippen LogP contribution in [0.1, 0.15) is 67.9 Å². The molecule has 1 N–H and O–H groups in total. The van der Waals surface area contributed by atoms with Crippen LogP contribution < -0.4 is 5.32 Å². The largest absolute Gasteiger partial charge is 0.444 e. The molecule has 1 fully saturated rings. The van der Waals surface area contributed by atoms with E-state index in [2.05, 4.69) is 5.32 Å². The maximum Gasteiger partial charge on any atom is 0.414 e. The normalized spacial score (nSPS) is 27.7. The van der Waals surface area contributed by atoms with E-state index in [1.54, 1.807) is 49.0 Å². The number of hydrogen-bond donors (Lipinski definition) is 1. The van der Waals surface area contributed by atoms with E-state index >= 15 is 0 Å². The molecule has 1 aliphatic heterocycles. The molecule has 1 unspecified atom stereocenters. The number of guanidine groups is 1. The first-order valence-corrected chi connectivity index (χ1v) is 12.1. The van der Waals surface area contributed by atoms with Crippen LogP contribution in [0.15, 0.2) is 23.2 Å². The Balaban J connectivity index is 1.83. The number of hydrogen-bond acceptors (Lipinski definition) is 6. The molecule has 0 saturated heterocycles. The van der Waals surface area contributed by atoms with E-state index in [-0.39, 0.29) is 23.9 Å². The fourth-order valence-corrected chi connectivity index (χ4v) is 5.80. The van der Waals surface area contributed by atoms with Gasteiger partial charge in [-0.1, -0.05) is 6.07 Å². The van der Waals surface area contributed by atoms with E-state index in [1.807, 2.05) is 18.2 Å². The first-order valence-electron chi connectivity index (χ1n) is 12.1. The van der Waals surface area contributed by atoms with Gasteiger partial charge in [0.05, 0.1) is 6.10 Å². The Labute approximate surface area is 206 Å². The number of likely N-dealkylation sites (N-methyl/N-ethyl adjacent to an activating group) is 1. The van der Waals surface area contributed by atoms with Crippen molar-refractivity contribution in [1.29, 1.82) is 0 Å². The Morgan fingerprint density at radius 1 is 1.20 bits per heavy atom. The molecule has 4 rings (SSSR count). The van der Waals surface area contributed by atoms with Gasteiger partial charge in [0.25, 0.3) is 11.8 Å². The van der Waals surface area contributed by atoms with Gasteiger partial charge in [0.1, 0.15) is 5.60 Å². The zero-order chi connectivity index (χ0) is 25.8. The fraction of sp³-hybridized carbons (Fsp3) is 0.615. The number of aliphatic imine (C=N–C) groups is 1. The molecule has 9 heteroatoms. The number of carbonyl (C=O) groups excluding carboxylic acids is 3. The van der Waals surface area contributed by atoms with Gasteiger partial charge in [0.15, 0.2) is 5.54 Å². The molecule has 1 saturated carbocycles. The van der Waals surface area contributed by atoms with Gasteiger partial charge in [-0.3, -0.25) is 19.8 Å². The molecule has 3 amide bonds. The number of nitrogens with zero attached hydrogens (tertiary/aromatic N) is 3. The molecule has 1 aromatic carbocycles. The third-order valence-corrected chi connectivity index (χ3v) is 7.49. The summed E-state index contributed by atoms with van der Waals surface area (Å²) in [6.45, 7) is 5.33. The van der Waals surface area contributed by atoms with Crippen LogP contribution >= 0.6 is 0 Å². The first-order chi connectivity index (χ1) is 16.3. The second kappa shape index (κ2) is 8.62. The molecule has 9 nitrogen and oxygen atoms in total. The van der Waals surface area contributed by atoms with Gasteiger partial charge in [0, 0.05) is 39.2 Å². The highest BCUT2D eigenvalue weighted by molar-refractivity contribution is 6.12. The van der Waals surface area contributed by atoms with Crippen molar-refractivity contribution < 1.29 is 23.9 Å². The summed E-state index contributed by atoms with van der Waals surface area (Å²) >= 11 is 0. The van der Waals surface area contributed by atoms with Crippen molar-refractivity contribution in [3.63, 3.8) is 0 Å². The Kier molecular flexibility index (Phi) is 6.20. The van der Waals surface area contributed by atoms with Gasteiger partial charge in [0.2, 0.25) is 5.96 Å². The van der Waals surface area contributed by atoms with Gasteiger partial charge < -0.3 is 14.4 Å². The molecule has 1 aromatic rings. The summed E-state index contributed by atoms with van der Waals surface area (Å²) in [5.74, 6) is -0.177. The minimum absolute atomic E-state index is 0.137. The first kappa shape index (κ1) is 25.2. The lowest BCUT2D eigenvalue weighted by Gasteiger charge is -2.45. The number of carbonyl (C=O) groups is 3. The Morgan fingerprint density at radius 3 is 2.43 bits per heavy atom. The molecule has 35 heavy (non-hydrogen) atoms. The Morgan fingerprint density at radius 2 is 1.86 bits per heavy atom. The number of amides is 3. The van der Waals surface area contributed by atoms with Crippen molar-refractivity contribution >= 4 is 23.9 Å². The molecule has 2 aliphatic carbocycles. The highest BCUT2D eigenvalue weighted by atomic mass is 16.6. The number of nitrogens with one attached hydrogen (secondary N) is 1. The smallest absolute Gasteiger partial charge is 0.414 e. The molecule has 0 bridgehead atoms. The third kappa shape index (κ3) is 4.09. The van der Waals surface area contributed by atoms with E-state index in [0.717, 1.165) is 36.8 Å². The van der Waals surface area contributed by atoms with E-state index in [0.29, 0.717) is 12.0 Å². The number of ether oxygens (including phenoxy) is 2. The van der Waals surface area contributed by atoms with E-state index in [9.17, 15) is 14.4 Å². The van der Waals surface area contributed by atoms with Crippen molar-refractivity contribution in [3.05, 3.63) is 34.9 Å². The predicted molar refractivity (Wildman–Crippen MR) is 131 cm³/mol. The summed E-state index contributed by atoms with van der Waals surface area (Å²) in [5.41, 5.74) is -0.102. The van der Waals surface area contributed by atoms with Crippen LogP contribution in [0, 0.1) is 5.41 Å². The van der Waals surface area contributed by atoms with Crippen LogP contribution in [0.2, 0.25) is 0 Å². The van der Waals surface area contributed by atoms with Crippen LogP contribution in [0.25, 0.3) is 0 Å². The molecule has 0 aromatic heterocycles. The zero-order valence-electron chi connectivity index (χ0n) is 21.7. The van der Waals surface area contributed by atoms with Gasteiger partial charge in [-0.15, -0.1) is 0 Å². The minimum Gasteiger partial charge on any atom is -0.444 e. The second-order valence-corrected chi connectivity index (χ2v) is 11.1. The lowest BCUT2D eigenvalue weighted by atomic mass is 9.61. The average molecular weight is 485 g/mol. The lowest BCUT2D eigenvalue weighted by Crippen LogP contribution is -2.51. The van der Waals surface area contributed by atoms with Crippen molar-refractivity contribution in [3.8, 4) is 0 Å². The summed E-state index contributed by atoms with van der Waals surface area (Å²) < 4.78 is 11.0. The van der Waals surface area contributed by atoms with Crippen LogP contribution in [-0.4, -0.2) is 73.6 Å². The molecule has 3 aliphatic rings. The van der Waals surface area contributed by atoms with Gasteiger partial charge >= 0.3 is 6.09 Å². The van der Waals surface area contributed by atoms with Crippen LogP contribution in [0.4, 0.5) is 4.79 Å². The number of rotatable bonds is 2. The Bertz CT molecular complexity index is 1080. The van der Waals surface area contributed by atoms with E-state index < -0.39 is 22.6 Å². The van der Waals surface area contributed by atoms with Crippen LogP contribution in [-0.2, 0) is 26.2 Å².